The van der Waals surface area contributed by atoms with Gasteiger partial charge >= 0.3 is 0 Å². The minimum absolute atomic E-state index is 0.322. The summed E-state index contributed by atoms with van der Waals surface area (Å²) in [5.41, 5.74) is 1.78. The maximum Gasteiger partial charge on any atom is 0.0781 e. The molecule has 0 saturated carbocycles. The zero-order valence-corrected chi connectivity index (χ0v) is 9.68. The summed E-state index contributed by atoms with van der Waals surface area (Å²) in [7, 11) is 1.81. The van der Waals surface area contributed by atoms with E-state index in [4.69, 9.17) is 4.74 Å². The molecule has 0 aromatic heterocycles. The molecule has 0 aliphatic heterocycles. The molecule has 0 amide bonds. The lowest BCUT2D eigenvalue weighted by Gasteiger charge is -2.34. The second-order valence-electron chi connectivity index (χ2n) is 4.48. The van der Waals surface area contributed by atoms with Crippen molar-refractivity contribution < 1.29 is 4.74 Å². The summed E-state index contributed by atoms with van der Waals surface area (Å²) in [4.78, 5) is 0. The number of rotatable bonds is 4. The Kier molecular flexibility index (Phi) is 3.94. The summed E-state index contributed by atoms with van der Waals surface area (Å²) in [6.07, 6.45) is 9.33. The van der Waals surface area contributed by atoms with E-state index in [1.165, 1.54) is 12.0 Å². The molecule has 0 aromatic carbocycles. The number of hydrogen-bond donors (Lipinski definition) is 0. The fourth-order valence-corrected chi connectivity index (χ4v) is 2.35. The van der Waals surface area contributed by atoms with Crippen molar-refractivity contribution in [1.29, 1.82) is 0 Å². The van der Waals surface area contributed by atoms with Gasteiger partial charge < -0.3 is 4.74 Å². The Labute approximate surface area is 87.8 Å². The zero-order valence-electron chi connectivity index (χ0n) is 9.68. The third kappa shape index (κ3) is 2.48. The molecular formula is C13H22O. The van der Waals surface area contributed by atoms with Crippen molar-refractivity contribution in [2.45, 2.75) is 45.6 Å². The standard InChI is InChI=1S/C13H22O/c1-5-8-13(3)9-7-12(14-4)11(6-2)10-13/h5,10,12H,1,6-9H2,2-4H3. The van der Waals surface area contributed by atoms with Crippen LogP contribution < -0.4 is 0 Å². The SMILES string of the molecule is C=CCC1(C)C=C(CC)C(OC)CC1. The first-order valence-corrected chi connectivity index (χ1v) is 5.50. The minimum Gasteiger partial charge on any atom is -0.377 e. The van der Waals surface area contributed by atoms with Crippen molar-refractivity contribution in [2.24, 2.45) is 5.41 Å². The first kappa shape index (κ1) is 11.5. The summed E-state index contributed by atoms with van der Waals surface area (Å²) in [5, 5.41) is 0. The molecule has 1 rings (SSSR count). The fourth-order valence-electron chi connectivity index (χ4n) is 2.35. The van der Waals surface area contributed by atoms with Gasteiger partial charge in [0.05, 0.1) is 6.10 Å². The van der Waals surface area contributed by atoms with Gasteiger partial charge in [-0.1, -0.05) is 26.0 Å². The molecule has 1 nitrogen and oxygen atoms in total. The van der Waals surface area contributed by atoms with Gasteiger partial charge in [0, 0.05) is 7.11 Å². The lowest BCUT2D eigenvalue weighted by atomic mass is 9.74. The van der Waals surface area contributed by atoms with Crippen LogP contribution in [0.4, 0.5) is 0 Å². The molecule has 1 aliphatic carbocycles. The van der Waals surface area contributed by atoms with Crippen LogP contribution in [0.15, 0.2) is 24.3 Å². The van der Waals surface area contributed by atoms with Crippen molar-refractivity contribution in [3.63, 3.8) is 0 Å². The second-order valence-corrected chi connectivity index (χ2v) is 4.48. The Morgan fingerprint density at radius 1 is 1.71 bits per heavy atom. The maximum absolute atomic E-state index is 5.47. The van der Waals surface area contributed by atoms with Gasteiger partial charge in [0.15, 0.2) is 0 Å². The van der Waals surface area contributed by atoms with Crippen LogP contribution in [0, 0.1) is 5.41 Å². The third-order valence-corrected chi connectivity index (χ3v) is 3.23. The number of ether oxygens (including phenoxy) is 1. The molecule has 2 unspecified atom stereocenters. The molecule has 2 atom stereocenters. The largest absolute Gasteiger partial charge is 0.377 e. The van der Waals surface area contributed by atoms with E-state index in [-0.39, 0.29) is 0 Å². The third-order valence-electron chi connectivity index (χ3n) is 3.23. The van der Waals surface area contributed by atoms with Gasteiger partial charge in [-0.2, -0.15) is 0 Å². The van der Waals surface area contributed by atoms with Gasteiger partial charge in [0.25, 0.3) is 0 Å². The molecule has 0 heterocycles. The fraction of sp³-hybridized carbons (Fsp3) is 0.692. The van der Waals surface area contributed by atoms with E-state index in [0.29, 0.717) is 11.5 Å². The topological polar surface area (TPSA) is 9.23 Å². The molecule has 0 spiro atoms. The molecular weight excluding hydrogens is 172 g/mol. The zero-order chi connectivity index (χ0) is 10.6. The lowest BCUT2D eigenvalue weighted by molar-refractivity contribution is 0.0993. The van der Waals surface area contributed by atoms with Gasteiger partial charge in [-0.15, -0.1) is 6.58 Å². The van der Waals surface area contributed by atoms with Crippen molar-refractivity contribution in [2.75, 3.05) is 7.11 Å². The smallest absolute Gasteiger partial charge is 0.0781 e. The molecule has 0 fully saturated rings. The summed E-state index contributed by atoms with van der Waals surface area (Å²) in [6, 6.07) is 0. The van der Waals surface area contributed by atoms with Crippen molar-refractivity contribution >= 4 is 0 Å². The Morgan fingerprint density at radius 2 is 2.43 bits per heavy atom. The maximum atomic E-state index is 5.47. The molecule has 0 N–H and O–H groups in total. The van der Waals surface area contributed by atoms with Crippen LogP contribution in [0.2, 0.25) is 0 Å². The summed E-state index contributed by atoms with van der Waals surface area (Å²) in [6.45, 7) is 8.35. The molecule has 0 radical (unpaired) electrons. The van der Waals surface area contributed by atoms with E-state index in [1.807, 2.05) is 13.2 Å². The van der Waals surface area contributed by atoms with E-state index >= 15 is 0 Å². The molecule has 14 heavy (non-hydrogen) atoms. The van der Waals surface area contributed by atoms with Crippen LogP contribution in [0.3, 0.4) is 0 Å². The van der Waals surface area contributed by atoms with Crippen molar-refractivity contribution in [3.05, 3.63) is 24.3 Å². The highest BCUT2D eigenvalue weighted by atomic mass is 16.5. The van der Waals surface area contributed by atoms with Gasteiger partial charge in [-0.3, -0.25) is 0 Å². The summed E-state index contributed by atoms with van der Waals surface area (Å²) in [5.74, 6) is 0. The van der Waals surface area contributed by atoms with E-state index in [0.717, 1.165) is 19.3 Å². The first-order valence-electron chi connectivity index (χ1n) is 5.50. The van der Waals surface area contributed by atoms with Crippen LogP contribution in [0.5, 0.6) is 0 Å². The average molecular weight is 194 g/mol. The highest BCUT2D eigenvalue weighted by Gasteiger charge is 2.29. The average Bonchev–Trinajstić information content (AvgIpc) is 2.18. The van der Waals surface area contributed by atoms with Gasteiger partial charge in [-0.05, 0) is 36.7 Å². The molecule has 80 valence electrons. The first-order chi connectivity index (χ1) is 6.65. The predicted molar refractivity (Wildman–Crippen MR) is 61.3 cm³/mol. The quantitative estimate of drug-likeness (QED) is 0.620. The van der Waals surface area contributed by atoms with E-state index in [2.05, 4.69) is 26.5 Å². The molecule has 1 heteroatoms. The predicted octanol–water partition coefficient (Wildman–Crippen LogP) is 3.71. The number of hydrogen-bond acceptors (Lipinski definition) is 1. The molecule has 0 aromatic rings. The van der Waals surface area contributed by atoms with E-state index in [1.54, 1.807) is 0 Å². The highest BCUT2D eigenvalue weighted by Crippen LogP contribution is 2.38. The Morgan fingerprint density at radius 3 is 2.93 bits per heavy atom. The van der Waals surface area contributed by atoms with Crippen LogP contribution in [-0.2, 0) is 4.74 Å². The normalized spacial score (nSPS) is 32.5. The van der Waals surface area contributed by atoms with Gasteiger partial charge in [-0.25, -0.2) is 0 Å². The molecule has 0 saturated heterocycles. The van der Waals surface area contributed by atoms with E-state index < -0.39 is 0 Å². The van der Waals surface area contributed by atoms with Crippen LogP contribution in [-0.4, -0.2) is 13.2 Å². The Balaban J connectivity index is 2.81. The van der Waals surface area contributed by atoms with Crippen molar-refractivity contribution in [3.8, 4) is 0 Å². The minimum atomic E-state index is 0.322. The summed E-state index contributed by atoms with van der Waals surface area (Å²) >= 11 is 0. The van der Waals surface area contributed by atoms with Gasteiger partial charge in [0.2, 0.25) is 0 Å². The Hall–Kier alpha value is -0.560. The van der Waals surface area contributed by atoms with Crippen molar-refractivity contribution in [1.82, 2.24) is 0 Å². The lowest BCUT2D eigenvalue weighted by Crippen LogP contribution is -2.26. The number of allylic oxidation sites excluding steroid dienone is 2. The van der Waals surface area contributed by atoms with Crippen LogP contribution >= 0.6 is 0 Å². The van der Waals surface area contributed by atoms with Gasteiger partial charge in [0.1, 0.15) is 0 Å². The van der Waals surface area contributed by atoms with Crippen LogP contribution in [0.25, 0.3) is 0 Å². The van der Waals surface area contributed by atoms with E-state index in [9.17, 15) is 0 Å². The highest BCUT2D eigenvalue weighted by molar-refractivity contribution is 5.18. The van der Waals surface area contributed by atoms with Crippen LogP contribution in [0.1, 0.15) is 39.5 Å². The summed E-state index contributed by atoms with van der Waals surface area (Å²) < 4.78 is 5.47. The number of methoxy groups -OCH3 is 1. The second kappa shape index (κ2) is 4.79. The Bertz CT molecular complexity index is 229. The molecule has 0 bridgehead atoms. The molecule has 1 aliphatic rings. The monoisotopic (exact) mass is 194 g/mol.